The summed E-state index contributed by atoms with van der Waals surface area (Å²) in [7, 11) is 0. The van der Waals surface area contributed by atoms with Crippen LogP contribution in [0.15, 0.2) is 24.3 Å². The predicted octanol–water partition coefficient (Wildman–Crippen LogP) is 1.31. The summed E-state index contributed by atoms with van der Waals surface area (Å²) in [5, 5.41) is 25.0. The molecule has 5 N–H and O–H groups in total. The molecule has 0 aliphatic carbocycles. The molecule has 1 aromatic carbocycles. The van der Waals surface area contributed by atoms with Gasteiger partial charge in [0.15, 0.2) is 0 Å². The number of anilines is 1. The molecule has 26 heavy (non-hydrogen) atoms. The van der Waals surface area contributed by atoms with Gasteiger partial charge in [-0.1, -0.05) is 12.1 Å². The molecule has 0 spiro atoms. The van der Waals surface area contributed by atoms with Crippen molar-refractivity contribution in [1.29, 1.82) is 0 Å². The highest BCUT2D eigenvalue weighted by atomic mass is 35.5. The molecule has 0 saturated heterocycles. The summed E-state index contributed by atoms with van der Waals surface area (Å²) >= 11 is 5.49. The highest BCUT2D eigenvalue weighted by molar-refractivity contribution is 6.18. The molecule has 0 aliphatic rings. The molecule has 0 fully saturated rings. The number of nitrogens with two attached hydrogens (primary N) is 1. The smallest absolute Gasteiger partial charge is 0.480 e. The van der Waals surface area contributed by atoms with Gasteiger partial charge in [-0.15, -0.1) is 11.6 Å². The molecular formula is C15H20ClF3N2O5. The quantitative estimate of drug-likeness (QED) is 0.481. The molecule has 1 aromatic rings. The SMILES string of the molecule is O=C(O)C(F)(F)F.[2H]C([2H])(Cl)C([2H])([2H])N(CCO)c1ccc(C[C@H](N)C(=O)O)cc1. The molecule has 0 aromatic heterocycles. The van der Waals surface area contributed by atoms with E-state index in [1.165, 1.54) is 12.1 Å². The molecule has 0 radical (unpaired) electrons. The maximum atomic E-state index is 10.7. The molecule has 1 rings (SSSR count). The second kappa shape index (κ2) is 11.6. The fraction of sp³-hybridized carbons (Fsp3) is 0.467. The number of alkyl halides is 4. The second-order valence-electron chi connectivity index (χ2n) is 4.70. The van der Waals surface area contributed by atoms with Crippen molar-refractivity contribution in [2.45, 2.75) is 18.6 Å². The third-order valence-electron chi connectivity index (χ3n) is 2.76. The minimum Gasteiger partial charge on any atom is -0.480 e. The number of aliphatic hydroxyl groups is 1. The van der Waals surface area contributed by atoms with E-state index in [-0.39, 0.29) is 13.0 Å². The van der Waals surface area contributed by atoms with E-state index in [4.69, 9.17) is 42.9 Å². The first-order valence-electron chi connectivity index (χ1n) is 8.90. The summed E-state index contributed by atoms with van der Waals surface area (Å²) < 4.78 is 62.3. The second-order valence-corrected chi connectivity index (χ2v) is 4.89. The van der Waals surface area contributed by atoms with Gasteiger partial charge in [0.1, 0.15) is 6.04 Å². The molecule has 0 amide bonds. The fourth-order valence-electron chi connectivity index (χ4n) is 1.55. The van der Waals surface area contributed by atoms with Crippen molar-refractivity contribution < 1.29 is 43.6 Å². The van der Waals surface area contributed by atoms with Crippen molar-refractivity contribution in [3.63, 3.8) is 0 Å². The number of aliphatic carboxylic acids is 2. The Labute approximate surface area is 158 Å². The normalized spacial score (nSPS) is 15.3. The van der Waals surface area contributed by atoms with E-state index >= 15 is 0 Å². The summed E-state index contributed by atoms with van der Waals surface area (Å²) in [6, 6.07) is 5.10. The Balaban J connectivity index is 0.00000103. The standard InChI is InChI=1S/C13H19ClN2O3.C2HF3O2/c14-5-6-16(7-8-17)11-3-1-10(2-4-11)9-12(15)13(18)19;3-2(4,5)1(6)7/h1-4,12,17H,5-9,15H2,(H,18,19);(H,6,7)/t12-;/m0./s1/i5D2,6D2;. The van der Waals surface area contributed by atoms with Gasteiger partial charge in [-0.2, -0.15) is 13.2 Å². The van der Waals surface area contributed by atoms with E-state index < -0.39 is 43.1 Å². The number of benzene rings is 1. The third kappa shape index (κ3) is 9.44. The van der Waals surface area contributed by atoms with Crippen LogP contribution in [0.1, 0.15) is 11.0 Å². The number of aliphatic hydroxyl groups excluding tert-OH is 1. The van der Waals surface area contributed by atoms with E-state index in [9.17, 15) is 18.0 Å². The van der Waals surface area contributed by atoms with Crippen LogP contribution in [0.25, 0.3) is 0 Å². The number of rotatable bonds is 8. The van der Waals surface area contributed by atoms with E-state index in [0.29, 0.717) is 11.3 Å². The molecule has 0 aliphatic heterocycles. The Bertz CT molecular complexity index is 718. The van der Waals surface area contributed by atoms with E-state index in [2.05, 4.69) is 0 Å². The van der Waals surface area contributed by atoms with Crippen LogP contribution in [0, 0.1) is 0 Å². The summed E-state index contributed by atoms with van der Waals surface area (Å²) in [5.74, 6) is -6.55. The van der Waals surface area contributed by atoms with Crippen molar-refractivity contribution >= 4 is 29.2 Å². The molecule has 7 nitrogen and oxygen atoms in total. The number of hydrogen-bond acceptors (Lipinski definition) is 5. The van der Waals surface area contributed by atoms with E-state index in [0.717, 1.165) is 4.90 Å². The van der Waals surface area contributed by atoms with Crippen LogP contribution < -0.4 is 10.6 Å². The summed E-state index contributed by atoms with van der Waals surface area (Å²) in [5.41, 5.74) is 6.40. The zero-order chi connectivity index (χ0) is 23.9. The Kier molecular flexibility index (Phi) is 7.72. The Hall–Kier alpha value is -2.04. The lowest BCUT2D eigenvalue weighted by Gasteiger charge is -2.23. The molecule has 148 valence electrons. The van der Waals surface area contributed by atoms with E-state index in [1.807, 2.05) is 0 Å². The molecule has 0 saturated carbocycles. The summed E-state index contributed by atoms with van der Waals surface area (Å²) in [6.07, 6.45) is -4.97. The lowest BCUT2D eigenvalue weighted by molar-refractivity contribution is -0.192. The van der Waals surface area contributed by atoms with Gasteiger partial charge in [0, 0.05) is 27.3 Å². The largest absolute Gasteiger partial charge is 0.490 e. The van der Waals surface area contributed by atoms with Crippen LogP contribution in [-0.4, -0.2) is 65.0 Å². The number of halogens is 4. The van der Waals surface area contributed by atoms with Crippen molar-refractivity contribution in [3.05, 3.63) is 29.8 Å². The number of carboxylic acids is 2. The van der Waals surface area contributed by atoms with Gasteiger partial charge in [-0.25, -0.2) is 4.79 Å². The minimum absolute atomic E-state index is 0.110. The number of carbonyl (C=O) groups is 2. The molecule has 11 heteroatoms. The average Bonchev–Trinajstić information content (AvgIpc) is 2.59. The number of hydrogen-bond donors (Lipinski definition) is 4. The van der Waals surface area contributed by atoms with Gasteiger partial charge >= 0.3 is 18.1 Å². The zero-order valence-electron chi connectivity index (χ0n) is 17.2. The van der Waals surface area contributed by atoms with Gasteiger partial charge < -0.3 is 26.0 Å². The highest BCUT2D eigenvalue weighted by Crippen LogP contribution is 2.16. The molecule has 0 unspecified atom stereocenters. The van der Waals surface area contributed by atoms with E-state index in [1.54, 1.807) is 12.1 Å². The average molecular weight is 405 g/mol. The van der Waals surface area contributed by atoms with Crippen LogP contribution in [0.5, 0.6) is 0 Å². The van der Waals surface area contributed by atoms with Crippen LogP contribution in [0.3, 0.4) is 0 Å². The first-order chi connectivity index (χ1) is 13.4. The zero-order valence-corrected chi connectivity index (χ0v) is 14.0. The van der Waals surface area contributed by atoms with Crippen molar-refractivity contribution in [3.8, 4) is 0 Å². The molecule has 0 bridgehead atoms. The Morgan fingerprint density at radius 2 is 1.77 bits per heavy atom. The van der Waals surface area contributed by atoms with Gasteiger partial charge in [0.25, 0.3) is 0 Å². The first kappa shape index (κ1) is 17.4. The first-order valence-corrected chi connectivity index (χ1v) is 7.27. The van der Waals surface area contributed by atoms with Crippen LogP contribution in [-0.2, 0) is 16.0 Å². The van der Waals surface area contributed by atoms with Gasteiger partial charge in [0.05, 0.1) is 9.35 Å². The monoisotopic (exact) mass is 404 g/mol. The summed E-state index contributed by atoms with van der Waals surface area (Å²) in [6.45, 7) is -3.11. The lowest BCUT2D eigenvalue weighted by atomic mass is 10.1. The highest BCUT2D eigenvalue weighted by Gasteiger charge is 2.38. The van der Waals surface area contributed by atoms with Crippen LogP contribution in [0.2, 0.25) is 0 Å². The van der Waals surface area contributed by atoms with Gasteiger partial charge in [0.2, 0.25) is 0 Å². The Morgan fingerprint density at radius 1 is 1.27 bits per heavy atom. The fourth-order valence-corrected chi connectivity index (χ4v) is 1.66. The minimum atomic E-state index is -5.08. The topological polar surface area (TPSA) is 124 Å². The number of nitrogens with zero attached hydrogens (tertiary/aromatic N) is 1. The van der Waals surface area contributed by atoms with Crippen molar-refractivity contribution in [2.75, 3.05) is 30.4 Å². The van der Waals surface area contributed by atoms with Crippen molar-refractivity contribution in [1.82, 2.24) is 0 Å². The Morgan fingerprint density at radius 3 is 2.12 bits per heavy atom. The molecule has 0 heterocycles. The summed E-state index contributed by atoms with van der Waals surface area (Å²) in [4.78, 5) is 20.6. The lowest BCUT2D eigenvalue weighted by Crippen LogP contribution is -2.32. The van der Waals surface area contributed by atoms with Gasteiger partial charge in [-0.05, 0) is 24.1 Å². The third-order valence-corrected chi connectivity index (χ3v) is 2.85. The maximum Gasteiger partial charge on any atom is 0.490 e. The maximum absolute atomic E-state index is 10.7. The molecular weight excluding hydrogens is 381 g/mol. The van der Waals surface area contributed by atoms with Crippen molar-refractivity contribution in [2.24, 2.45) is 5.73 Å². The predicted molar refractivity (Wildman–Crippen MR) is 89.5 cm³/mol. The molecule has 1 atom stereocenters. The van der Waals surface area contributed by atoms with Crippen LogP contribution in [0.4, 0.5) is 18.9 Å². The van der Waals surface area contributed by atoms with Gasteiger partial charge in [-0.3, -0.25) is 4.79 Å². The van der Waals surface area contributed by atoms with Crippen LogP contribution >= 0.6 is 11.6 Å². The number of carboxylic acid groups (broad SMARTS) is 2.